The highest BCUT2D eigenvalue weighted by Gasteiger charge is 2.11. The van der Waals surface area contributed by atoms with Crippen LogP contribution in [0.2, 0.25) is 5.02 Å². The topological polar surface area (TPSA) is 81.7 Å². The van der Waals surface area contributed by atoms with Crippen molar-refractivity contribution in [2.45, 2.75) is 12.5 Å². The van der Waals surface area contributed by atoms with E-state index in [1.807, 2.05) is 24.3 Å². The van der Waals surface area contributed by atoms with Crippen molar-refractivity contribution in [2.75, 3.05) is 42.6 Å². The molecule has 0 saturated heterocycles. The van der Waals surface area contributed by atoms with E-state index in [2.05, 4.69) is 10.6 Å². The van der Waals surface area contributed by atoms with Crippen LogP contribution in [-0.2, 0) is 16.4 Å². The zero-order chi connectivity index (χ0) is 19.9. The number of aliphatic hydroxyl groups is 1. The maximum atomic E-state index is 11.5. The molecule has 0 amide bonds. The third-order valence-electron chi connectivity index (χ3n) is 4.13. The van der Waals surface area contributed by atoms with Gasteiger partial charge in [0.1, 0.15) is 0 Å². The summed E-state index contributed by atoms with van der Waals surface area (Å²) in [6, 6.07) is 14.8. The van der Waals surface area contributed by atoms with Gasteiger partial charge in [-0.1, -0.05) is 23.7 Å². The maximum absolute atomic E-state index is 11.5. The lowest BCUT2D eigenvalue weighted by molar-refractivity contribution is 0.184. The van der Waals surface area contributed by atoms with Crippen molar-refractivity contribution in [1.82, 2.24) is 5.32 Å². The number of nitrogens with one attached hydrogen (secondary N) is 2. The van der Waals surface area contributed by atoms with E-state index < -0.39 is 16.1 Å². The monoisotopic (exact) mass is 411 g/mol. The van der Waals surface area contributed by atoms with Gasteiger partial charge in [0.2, 0.25) is 10.0 Å². The maximum Gasteiger partial charge on any atom is 0.231 e. The summed E-state index contributed by atoms with van der Waals surface area (Å²) in [6.45, 7) is 1.62. The first-order valence-electron chi connectivity index (χ1n) is 8.67. The van der Waals surface area contributed by atoms with Gasteiger partial charge >= 0.3 is 0 Å². The van der Waals surface area contributed by atoms with Crippen molar-refractivity contribution < 1.29 is 13.5 Å². The molecule has 0 unspecified atom stereocenters. The summed E-state index contributed by atoms with van der Waals surface area (Å²) in [5, 5.41) is 17.2. The highest BCUT2D eigenvalue weighted by atomic mass is 35.5. The molecule has 2 rings (SSSR count). The second-order valence-corrected chi connectivity index (χ2v) is 8.85. The molecule has 148 valence electrons. The zero-order valence-electron chi connectivity index (χ0n) is 15.5. The van der Waals surface area contributed by atoms with E-state index in [1.54, 1.807) is 24.3 Å². The molecule has 1 atom stereocenters. The smallest absolute Gasteiger partial charge is 0.231 e. The van der Waals surface area contributed by atoms with Gasteiger partial charge in [-0.2, -0.15) is 0 Å². The fraction of sp³-hybridized carbons (Fsp3) is 0.368. The molecule has 0 bridgehead atoms. The number of benzene rings is 2. The van der Waals surface area contributed by atoms with Crippen LogP contribution in [-0.4, -0.2) is 52.6 Å². The third kappa shape index (κ3) is 7.38. The molecule has 0 aliphatic heterocycles. The van der Waals surface area contributed by atoms with Crippen LogP contribution in [0.25, 0.3) is 0 Å². The summed E-state index contributed by atoms with van der Waals surface area (Å²) in [5.74, 6) is 0. The van der Waals surface area contributed by atoms with E-state index in [4.69, 9.17) is 11.6 Å². The number of rotatable bonds is 10. The molecular formula is C19H26ClN3O3S. The van der Waals surface area contributed by atoms with E-state index in [9.17, 15) is 13.5 Å². The van der Waals surface area contributed by atoms with E-state index in [1.165, 1.54) is 11.4 Å². The highest BCUT2D eigenvalue weighted by molar-refractivity contribution is 7.92. The van der Waals surface area contributed by atoms with Gasteiger partial charge in [-0.25, -0.2) is 8.42 Å². The lowest BCUT2D eigenvalue weighted by Gasteiger charge is -2.18. The van der Waals surface area contributed by atoms with Gasteiger partial charge in [0, 0.05) is 30.8 Å². The Balaban J connectivity index is 1.70. The standard InChI is InChI=1S/C19H26ClN3O3S/c1-23(27(2,25)26)18-8-6-17(7-9-18)22-14-19(24)13-21-11-10-15-4-3-5-16(20)12-15/h3-9,12,19,21-22,24H,10-11,13-14H2,1-2H3/t19-/m0/s1. The third-order valence-corrected chi connectivity index (χ3v) is 5.57. The Bertz CT molecular complexity index is 828. The van der Waals surface area contributed by atoms with Gasteiger partial charge in [-0.15, -0.1) is 0 Å². The number of hydrogen-bond acceptors (Lipinski definition) is 5. The van der Waals surface area contributed by atoms with Crippen LogP contribution < -0.4 is 14.9 Å². The predicted molar refractivity (Wildman–Crippen MR) is 112 cm³/mol. The Labute approximate surface area is 166 Å². The molecule has 0 aromatic heterocycles. The lowest BCUT2D eigenvalue weighted by atomic mass is 10.1. The largest absolute Gasteiger partial charge is 0.390 e. The molecule has 0 aliphatic carbocycles. The Hall–Kier alpha value is -1.80. The van der Waals surface area contributed by atoms with Gasteiger partial charge in [0.05, 0.1) is 18.0 Å². The minimum Gasteiger partial charge on any atom is -0.390 e. The molecule has 8 heteroatoms. The van der Waals surface area contributed by atoms with Crippen LogP contribution in [0.5, 0.6) is 0 Å². The number of aliphatic hydroxyl groups excluding tert-OH is 1. The zero-order valence-corrected chi connectivity index (χ0v) is 17.1. The quantitative estimate of drug-likeness (QED) is 0.523. The Morgan fingerprint density at radius 3 is 2.48 bits per heavy atom. The number of sulfonamides is 1. The van der Waals surface area contributed by atoms with Crippen molar-refractivity contribution in [3.8, 4) is 0 Å². The minimum absolute atomic E-state index is 0.394. The van der Waals surface area contributed by atoms with E-state index >= 15 is 0 Å². The van der Waals surface area contributed by atoms with Crippen molar-refractivity contribution in [3.63, 3.8) is 0 Å². The molecule has 2 aromatic carbocycles. The van der Waals surface area contributed by atoms with Crippen LogP contribution in [0, 0.1) is 0 Å². The molecule has 0 radical (unpaired) electrons. The average molecular weight is 412 g/mol. The Kier molecular flexibility index (Phi) is 7.91. The number of hydrogen-bond donors (Lipinski definition) is 3. The second-order valence-electron chi connectivity index (χ2n) is 6.40. The van der Waals surface area contributed by atoms with Crippen LogP contribution in [0.15, 0.2) is 48.5 Å². The predicted octanol–water partition coefficient (Wildman–Crippen LogP) is 2.34. The van der Waals surface area contributed by atoms with Gasteiger partial charge in [-0.3, -0.25) is 4.31 Å². The van der Waals surface area contributed by atoms with E-state index in [0.29, 0.717) is 18.8 Å². The summed E-state index contributed by atoms with van der Waals surface area (Å²) >= 11 is 5.96. The molecule has 0 heterocycles. The van der Waals surface area contributed by atoms with Crippen LogP contribution in [0.1, 0.15) is 5.56 Å². The molecule has 27 heavy (non-hydrogen) atoms. The van der Waals surface area contributed by atoms with E-state index in [0.717, 1.165) is 35.5 Å². The number of nitrogens with zero attached hydrogens (tertiary/aromatic N) is 1. The van der Waals surface area contributed by atoms with Crippen molar-refractivity contribution >= 4 is 33.0 Å². The molecule has 6 nitrogen and oxygen atoms in total. The number of halogens is 1. The second kappa shape index (κ2) is 9.94. The SMILES string of the molecule is CN(c1ccc(NC[C@@H](O)CNCCc2cccc(Cl)c2)cc1)S(C)(=O)=O. The van der Waals surface area contributed by atoms with Crippen LogP contribution in [0.4, 0.5) is 11.4 Å². The molecule has 0 spiro atoms. The summed E-state index contributed by atoms with van der Waals surface area (Å²) in [6.07, 6.45) is 1.47. The Morgan fingerprint density at radius 1 is 1.15 bits per heavy atom. The summed E-state index contributed by atoms with van der Waals surface area (Å²) in [4.78, 5) is 0. The molecular weight excluding hydrogens is 386 g/mol. The number of anilines is 2. The van der Waals surface area contributed by atoms with Gasteiger partial charge in [-0.05, 0) is 54.9 Å². The summed E-state index contributed by atoms with van der Waals surface area (Å²) in [7, 11) is -1.76. The fourth-order valence-corrected chi connectivity index (χ4v) is 3.20. The van der Waals surface area contributed by atoms with Crippen LogP contribution in [0.3, 0.4) is 0 Å². The molecule has 0 fully saturated rings. The van der Waals surface area contributed by atoms with Crippen molar-refractivity contribution in [3.05, 3.63) is 59.1 Å². The normalized spacial score (nSPS) is 12.6. The van der Waals surface area contributed by atoms with Gasteiger partial charge in [0.15, 0.2) is 0 Å². The van der Waals surface area contributed by atoms with E-state index in [-0.39, 0.29) is 0 Å². The molecule has 0 saturated carbocycles. The average Bonchev–Trinajstić information content (AvgIpc) is 2.63. The summed E-state index contributed by atoms with van der Waals surface area (Å²) < 4.78 is 24.3. The first-order chi connectivity index (χ1) is 12.8. The minimum atomic E-state index is -3.27. The van der Waals surface area contributed by atoms with Gasteiger partial charge in [0.25, 0.3) is 0 Å². The first-order valence-corrected chi connectivity index (χ1v) is 10.9. The fourth-order valence-electron chi connectivity index (χ4n) is 2.48. The lowest BCUT2D eigenvalue weighted by Crippen LogP contribution is -2.33. The van der Waals surface area contributed by atoms with Crippen LogP contribution >= 0.6 is 11.6 Å². The Morgan fingerprint density at radius 2 is 1.85 bits per heavy atom. The van der Waals surface area contributed by atoms with Crippen molar-refractivity contribution in [2.24, 2.45) is 0 Å². The molecule has 3 N–H and O–H groups in total. The molecule has 2 aromatic rings. The molecule has 0 aliphatic rings. The summed E-state index contributed by atoms with van der Waals surface area (Å²) in [5.41, 5.74) is 2.56. The highest BCUT2D eigenvalue weighted by Crippen LogP contribution is 2.18. The van der Waals surface area contributed by atoms with Gasteiger partial charge < -0.3 is 15.7 Å². The first kappa shape index (κ1) is 21.5. The van der Waals surface area contributed by atoms with Crippen molar-refractivity contribution in [1.29, 1.82) is 0 Å².